The Morgan fingerprint density at radius 2 is 2.24 bits per heavy atom. The molecule has 92 valence electrons. The first-order valence-electron chi connectivity index (χ1n) is 5.58. The van der Waals surface area contributed by atoms with Crippen LogP contribution in [-0.4, -0.2) is 18.0 Å². The average molecular weight is 257 g/mol. The third-order valence-corrected chi connectivity index (χ3v) is 2.91. The highest BCUT2D eigenvalue weighted by Crippen LogP contribution is 2.21. The lowest BCUT2D eigenvalue weighted by Gasteiger charge is -2.15. The highest BCUT2D eigenvalue weighted by Gasteiger charge is 2.25. The maximum atomic E-state index is 12.9. The standard InChI is InChI=1S/C12H14ClFN2O/c1-7(12(17)16-8-2-3-8)15-9-4-5-11(14)10(13)6-9/h4-8,15H,2-3H2,1H3,(H,16,17). The van der Waals surface area contributed by atoms with Crippen LogP contribution < -0.4 is 10.6 Å². The van der Waals surface area contributed by atoms with Gasteiger partial charge in [0.05, 0.1) is 5.02 Å². The summed E-state index contributed by atoms with van der Waals surface area (Å²) in [6.45, 7) is 1.76. The third kappa shape index (κ3) is 3.33. The summed E-state index contributed by atoms with van der Waals surface area (Å²) < 4.78 is 12.9. The third-order valence-electron chi connectivity index (χ3n) is 2.62. The van der Waals surface area contributed by atoms with E-state index in [1.165, 1.54) is 12.1 Å². The van der Waals surface area contributed by atoms with Crippen molar-refractivity contribution in [3.63, 3.8) is 0 Å². The zero-order chi connectivity index (χ0) is 12.4. The van der Waals surface area contributed by atoms with Crippen LogP contribution in [0.4, 0.5) is 10.1 Å². The fourth-order valence-corrected chi connectivity index (χ4v) is 1.64. The molecule has 3 nitrogen and oxygen atoms in total. The number of halogens is 2. The SMILES string of the molecule is CC(Nc1ccc(F)c(Cl)c1)C(=O)NC1CC1. The molecule has 1 aliphatic carbocycles. The first kappa shape index (κ1) is 12.2. The van der Waals surface area contributed by atoms with Gasteiger partial charge in [0.2, 0.25) is 5.91 Å². The minimum absolute atomic E-state index is 0.0461. The largest absolute Gasteiger partial charge is 0.374 e. The summed E-state index contributed by atoms with van der Waals surface area (Å²) in [5.41, 5.74) is 0.634. The lowest BCUT2D eigenvalue weighted by molar-refractivity contribution is -0.121. The molecule has 0 aromatic heterocycles. The van der Waals surface area contributed by atoms with E-state index in [2.05, 4.69) is 10.6 Å². The Labute approximate surface area is 104 Å². The molecule has 0 spiro atoms. The minimum Gasteiger partial charge on any atom is -0.374 e. The van der Waals surface area contributed by atoms with Crippen molar-refractivity contribution in [3.8, 4) is 0 Å². The van der Waals surface area contributed by atoms with Crippen LogP contribution in [-0.2, 0) is 4.79 Å². The second-order valence-corrected chi connectivity index (χ2v) is 4.68. The Bertz CT molecular complexity index is 435. The second kappa shape index (κ2) is 4.92. The van der Waals surface area contributed by atoms with Crippen molar-refractivity contribution in [1.82, 2.24) is 5.32 Å². The van der Waals surface area contributed by atoms with Gasteiger partial charge in [-0.25, -0.2) is 4.39 Å². The van der Waals surface area contributed by atoms with Crippen molar-refractivity contribution in [2.45, 2.75) is 31.8 Å². The van der Waals surface area contributed by atoms with E-state index in [-0.39, 0.29) is 17.0 Å². The van der Waals surface area contributed by atoms with Gasteiger partial charge in [-0.1, -0.05) is 11.6 Å². The molecule has 1 aromatic carbocycles. The zero-order valence-electron chi connectivity index (χ0n) is 9.47. The van der Waals surface area contributed by atoms with E-state index in [0.717, 1.165) is 12.8 Å². The number of hydrogen-bond donors (Lipinski definition) is 2. The van der Waals surface area contributed by atoms with E-state index in [4.69, 9.17) is 11.6 Å². The molecular weight excluding hydrogens is 243 g/mol. The summed E-state index contributed by atoms with van der Waals surface area (Å²) in [6.07, 6.45) is 2.11. The number of benzene rings is 1. The molecule has 17 heavy (non-hydrogen) atoms. The molecule has 1 atom stereocenters. The van der Waals surface area contributed by atoms with Gasteiger partial charge in [0.1, 0.15) is 11.9 Å². The van der Waals surface area contributed by atoms with Crippen LogP contribution in [0.15, 0.2) is 18.2 Å². The molecule has 2 rings (SSSR count). The topological polar surface area (TPSA) is 41.1 Å². The van der Waals surface area contributed by atoms with Gasteiger partial charge < -0.3 is 10.6 Å². The molecule has 1 aliphatic rings. The van der Waals surface area contributed by atoms with Gasteiger partial charge in [0.15, 0.2) is 0 Å². The molecule has 1 fully saturated rings. The van der Waals surface area contributed by atoms with Crippen LogP contribution in [0.3, 0.4) is 0 Å². The number of amides is 1. The van der Waals surface area contributed by atoms with Gasteiger partial charge in [-0.2, -0.15) is 0 Å². The number of nitrogens with one attached hydrogen (secondary N) is 2. The van der Waals surface area contributed by atoms with E-state index >= 15 is 0 Å². The number of anilines is 1. The van der Waals surface area contributed by atoms with Crippen LogP contribution in [0.2, 0.25) is 5.02 Å². The molecule has 1 aromatic rings. The van der Waals surface area contributed by atoms with Gasteiger partial charge in [0, 0.05) is 11.7 Å². The quantitative estimate of drug-likeness (QED) is 0.869. The molecule has 1 saturated carbocycles. The lowest BCUT2D eigenvalue weighted by Crippen LogP contribution is -2.38. The van der Waals surface area contributed by atoms with Gasteiger partial charge in [-0.3, -0.25) is 4.79 Å². The molecular formula is C12H14ClFN2O. The first-order valence-corrected chi connectivity index (χ1v) is 5.96. The highest BCUT2D eigenvalue weighted by atomic mass is 35.5. The zero-order valence-corrected chi connectivity index (χ0v) is 10.2. The Kier molecular flexibility index (Phi) is 3.52. The Balaban J connectivity index is 1.94. The monoisotopic (exact) mass is 256 g/mol. The van der Waals surface area contributed by atoms with Gasteiger partial charge >= 0.3 is 0 Å². The molecule has 1 amide bonds. The van der Waals surface area contributed by atoms with Crippen LogP contribution in [0.5, 0.6) is 0 Å². The molecule has 0 bridgehead atoms. The Morgan fingerprint density at radius 3 is 2.82 bits per heavy atom. The normalized spacial score (nSPS) is 16.4. The van der Waals surface area contributed by atoms with Gasteiger partial charge in [-0.15, -0.1) is 0 Å². The smallest absolute Gasteiger partial charge is 0.242 e. The predicted molar refractivity (Wildman–Crippen MR) is 65.7 cm³/mol. The van der Waals surface area contributed by atoms with Gasteiger partial charge in [0.25, 0.3) is 0 Å². The fourth-order valence-electron chi connectivity index (χ4n) is 1.46. The maximum Gasteiger partial charge on any atom is 0.242 e. The summed E-state index contributed by atoms with van der Waals surface area (Å²) in [5, 5.41) is 5.92. The van der Waals surface area contributed by atoms with E-state index in [0.29, 0.717) is 11.7 Å². The van der Waals surface area contributed by atoms with E-state index < -0.39 is 5.82 Å². The second-order valence-electron chi connectivity index (χ2n) is 4.28. The van der Waals surface area contributed by atoms with Crippen molar-refractivity contribution >= 4 is 23.2 Å². The molecule has 0 radical (unpaired) electrons. The number of rotatable bonds is 4. The summed E-state index contributed by atoms with van der Waals surface area (Å²) in [7, 11) is 0. The van der Waals surface area contributed by atoms with E-state index in [9.17, 15) is 9.18 Å². The van der Waals surface area contributed by atoms with Crippen LogP contribution in [0.1, 0.15) is 19.8 Å². The average Bonchev–Trinajstić information content (AvgIpc) is 3.07. The highest BCUT2D eigenvalue weighted by molar-refractivity contribution is 6.31. The fraction of sp³-hybridized carbons (Fsp3) is 0.417. The first-order chi connectivity index (χ1) is 8.06. The molecule has 0 aliphatic heterocycles. The number of hydrogen-bond acceptors (Lipinski definition) is 2. The molecule has 0 heterocycles. The molecule has 1 unspecified atom stereocenters. The van der Waals surface area contributed by atoms with Crippen LogP contribution >= 0.6 is 11.6 Å². The molecule has 0 saturated heterocycles. The number of carbonyl (C=O) groups is 1. The van der Waals surface area contributed by atoms with E-state index in [1.54, 1.807) is 13.0 Å². The van der Waals surface area contributed by atoms with Crippen molar-refractivity contribution in [2.75, 3.05) is 5.32 Å². The van der Waals surface area contributed by atoms with Crippen LogP contribution in [0.25, 0.3) is 0 Å². The Morgan fingerprint density at radius 1 is 1.53 bits per heavy atom. The van der Waals surface area contributed by atoms with E-state index in [1.807, 2.05) is 0 Å². The van der Waals surface area contributed by atoms with Crippen molar-refractivity contribution in [2.24, 2.45) is 0 Å². The minimum atomic E-state index is -0.465. The van der Waals surface area contributed by atoms with Crippen molar-refractivity contribution < 1.29 is 9.18 Å². The summed E-state index contributed by atoms with van der Waals surface area (Å²) in [6, 6.07) is 4.27. The lowest BCUT2D eigenvalue weighted by atomic mass is 10.2. The summed E-state index contributed by atoms with van der Waals surface area (Å²) in [4.78, 5) is 11.7. The summed E-state index contributed by atoms with van der Waals surface area (Å²) in [5.74, 6) is -0.514. The Hall–Kier alpha value is -1.29. The van der Waals surface area contributed by atoms with Gasteiger partial charge in [-0.05, 0) is 38.0 Å². The molecule has 2 N–H and O–H groups in total. The number of carbonyl (C=O) groups excluding carboxylic acids is 1. The van der Waals surface area contributed by atoms with Crippen LogP contribution in [0, 0.1) is 5.82 Å². The van der Waals surface area contributed by atoms with Crippen molar-refractivity contribution in [1.29, 1.82) is 0 Å². The predicted octanol–water partition coefficient (Wildman–Crippen LogP) is 2.56. The molecule has 5 heteroatoms. The maximum absolute atomic E-state index is 12.9. The van der Waals surface area contributed by atoms with Crippen molar-refractivity contribution in [3.05, 3.63) is 29.0 Å². The summed E-state index contributed by atoms with van der Waals surface area (Å²) >= 11 is 5.66.